The molecule has 2 unspecified atom stereocenters. The van der Waals surface area contributed by atoms with Crippen LogP contribution in [0.4, 0.5) is 4.39 Å². The first-order chi connectivity index (χ1) is 13.3. The molecule has 0 fully saturated rings. The highest BCUT2D eigenvalue weighted by molar-refractivity contribution is 7.93. The molecule has 1 heterocycles. The van der Waals surface area contributed by atoms with Crippen LogP contribution in [0.1, 0.15) is 11.3 Å². The molecule has 0 saturated carbocycles. The number of hydrogen-bond acceptors (Lipinski definition) is 3. The molecule has 0 bridgehead atoms. The van der Waals surface area contributed by atoms with Gasteiger partial charge in [-0.25, -0.2) is 12.8 Å². The van der Waals surface area contributed by atoms with Crippen LogP contribution in [-0.2, 0) is 27.5 Å². The summed E-state index contributed by atoms with van der Waals surface area (Å²) >= 11 is 6.08. The van der Waals surface area contributed by atoms with Crippen LogP contribution < -0.4 is 5.32 Å². The number of nitrogens with one attached hydrogen (secondary N) is 2. The second kappa shape index (κ2) is 6.60. The van der Waals surface area contributed by atoms with Crippen LogP contribution in [0.2, 0.25) is 5.02 Å². The Labute approximate surface area is 166 Å². The van der Waals surface area contributed by atoms with Crippen molar-refractivity contribution < 1.29 is 17.6 Å². The first-order valence-corrected chi connectivity index (χ1v) is 10.6. The number of aromatic nitrogens is 1. The monoisotopic (exact) mass is 420 g/mol. The van der Waals surface area contributed by atoms with Gasteiger partial charge in [0.1, 0.15) is 0 Å². The van der Waals surface area contributed by atoms with E-state index in [1.807, 2.05) is 6.07 Å². The fraction of sp³-hybridized carbons (Fsp3) is 0.250. The smallest absolute Gasteiger partial charge is 0.295 e. The molecule has 3 aromatic rings. The van der Waals surface area contributed by atoms with Crippen molar-refractivity contribution in [2.45, 2.75) is 22.7 Å². The molecule has 0 saturated heterocycles. The van der Waals surface area contributed by atoms with Gasteiger partial charge in [-0.05, 0) is 48.7 Å². The van der Waals surface area contributed by atoms with Crippen LogP contribution >= 0.6 is 11.6 Å². The zero-order valence-electron chi connectivity index (χ0n) is 15.0. The number of carbonyl (C=O) groups is 1. The Morgan fingerprint density at radius 2 is 1.93 bits per heavy atom. The number of hydrogen-bond donors (Lipinski definition) is 2. The summed E-state index contributed by atoms with van der Waals surface area (Å²) in [5.41, 5.74) is 2.39. The maximum Gasteiger partial charge on any atom is 0.295 e. The summed E-state index contributed by atoms with van der Waals surface area (Å²) < 4.78 is 42.6. The summed E-state index contributed by atoms with van der Waals surface area (Å²) in [6, 6.07) is 12.6. The van der Waals surface area contributed by atoms with Gasteiger partial charge in [0.05, 0.1) is 4.90 Å². The number of sulfone groups is 1. The molecule has 0 spiro atoms. The SMILES string of the molecule is CNC(=O)C(F)(C1Cc2[nH]c3ccc(Cl)cc3c2C1)S(=O)(=O)c1ccccc1. The van der Waals surface area contributed by atoms with Crippen LogP contribution in [0.3, 0.4) is 0 Å². The molecule has 4 rings (SSSR count). The number of H-pyrrole nitrogens is 1. The van der Waals surface area contributed by atoms with E-state index in [4.69, 9.17) is 11.6 Å². The molecular formula is C20H18ClFN2O3S. The Hall–Kier alpha value is -2.38. The number of halogens is 2. The van der Waals surface area contributed by atoms with Crippen LogP contribution in [0, 0.1) is 5.92 Å². The van der Waals surface area contributed by atoms with Crippen molar-refractivity contribution in [1.82, 2.24) is 10.3 Å². The quantitative estimate of drug-likeness (QED) is 0.678. The highest BCUT2D eigenvalue weighted by Crippen LogP contribution is 2.44. The minimum absolute atomic E-state index is 0.109. The van der Waals surface area contributed by atoms with Gasteiger partial charge in [-0.3, -0.25) is 4.79 Å². The average molecular weight is 421 g/mol. The summed E-state index contributed by atoms with van der Waals surface area (Å²) in [5.74, 6) is -2.21. The summed E-state index contributed by atoms with van der Waals surface area (Å²) in [7, 11) is -3.33. The predicted octanol–water partition coefficient (Wildman–Crippen LogP) is 3.42. The Bertz CT molecular complexity index is 1180. The second-order valence-corrected chi connectivity index (χ2v) is 9.43. The Morgan fingerprint density at radius 3 is 2.61 bits per heavy atom. The first kappa shape index (κ1) is 19.0. The predicted molar refractivity (Wildman–Crippen MR) is 106 cm³/mol. The van der Waals surface area contributed by atoms with Gasteiger partial charge in [-0.2, -0.15) is 0 Å². The third-order valence-corrected chi connectivity index (χ3v) is 7.79. The molecule has 8 heteroatoms. The molecule has 0 radical (unpaired) electrons. The van der Waals surface area contributed by atoms with Gasteiger partial charge in [0, 0.05) is 34.6 Å². The van der Waals surface area contributed by atoms with Gasteiger partial charge in [0.2, 0.25) is 9.84 Å². The van der Waals surface area contributed by atoms with Crippen molar-refractivity contribution in [2.24, 2.45) is 5.92 Å². The van der Waals surface area contributed by atoms with E-state index in [0.717, 1.165) is 22.2 Å². The third-order valence-electron chi connectivity index (χ3n) is 5.36. The lowest BCUT2D eigenvalue weighted by molar-refractivity contribution is -0.129. The minimum atomic E-state index is -4.57. The molecule has 1 amide bonds. The highest BCUT2D eigenvalue weighted by Gasteiger charge is 2.59. The van der Waals surface area contributed by atoms with E-state index >= 15 is 4.39 Å². The zero-order chi connectivity index (χ0) is 20.1. The van der Waals surface area contributed by atoms with Crippen molar-refractivity contribution in [2.75, 3.05) is 7.05 Å². The molecule has 2 N–H and O–H groups in total. The largest absolute Gasteiger partial charge is 0.358 e. The Morgan fingerprint density at radius 1 is 1.21 bits per heavy atom. The molecule has 146 valence electrons. The number of alkyl halides is 1. The molecule has 2 atom stereocenters. The average Bonchev–Trinajstić information content (AvgIpc) is 3.25. The van der Waals surface area contributed by atoms with Gasteiger partial charge in [0.15, 0.2) is 0 Å². The van der Waals surface area contributed by atoms with Crippen molar-refractivity contribution in [3.8, 4) is 0 Å². The molecular weight excluding hydrogens is 403 g/mol. The minimum Gasteiger partial charge on any atom is -0.358 e. The number of fused-ring (bicyclic) bond motifs is 3. The lowest BCUT2D eigenvalue weighted by atomic mass is 9.98. The van der Waals surface area contributed by atoms with Gasteiger partial charge < -0.3 is 10.3 Å². The molecule has 5 nitrogen and oxygen atoms in total. The van der Waals surface area contributed by atoms with Gasteiger partial charge in [0.25, 0.3) is 10.9 Å². The van der Waals surface area contributed by atoms with Crippen LogP contribution in [0.5, 0.6) is 0 Å². The van der Waals surface area contributed by atoms with E-state index in [-0.39, 0.29) is 17.7 Å². The highest BCUT2D eigenvalue weighted by atomic mass is 35.5. The topological polar surface area (TPSA) is 79.0 Å². The van der Waals surface area contributed by atoms with Crippen molar-refractivity contribution in [1.29, 1.82) is 0 Å². The molecule has 28 heavy (non-hydrogen) atoms. The normalized spacial score (nSPS) is 18.6. The van der Waals surface area contributed by atoms with E-state index in [1.165, 1.54) is 31.3 Å². The van der Waals surface area contributed by atoms with E-state index in [2.05, 4.69) is 10.3 Å². The third kappa shape index (κ3) is 2.64. The summed E-state index contributed by atoms with van der Waals surface area (Å²) in [4.78, 5) is 15.5. The van der Waals surface area contributed by atoms with Crippen molar-refractivity contribution >= 4 is 38.2 Å². The number of benzene rings is 2. The fourth-order valence-electron chi connectivity index (χ4n) is 3.98. The molecule has 2 aromatic carbocycles. The number of aromatic amines is 1. The molecule has 1 aromatic heterocycles. The van der Waals surface area contributed by atoms with E-state index in [9.17, 15) is 13.2 Å². The molecule has 1 aliphatic carbocycles. The number of rotatable bonds is 4. The lowest BCUT2D eigenvalue weighted by Crippen LogP contribution is -2.53. The van der Waals surface area contributed by atoms with Crippen LogP contribution in [-0.4, -0.2) is 31.4 Å². The maximum atomic E-state index is 16.2. The van der Waals surface area contributed by atoms with Gasteiger partial charge >= 0.3 is 0 Å². The van der Waals surface area contributed by atoms with E-state index < -0.39 is 26.7 Å². The van der Waals surface area contributed by atoms with Crippen LogP contribution in [0.25, 0.3) is 10.9 Å². The second-order valence-electron chi connectivity index (χ2n) is 6.92. The summed E-state index contributed by atoms with van der Waals surface area (Å²) in [6.45, 7) is 0. The van der Waals surface area contributed by atoms with Crippen LogP contribution in [0.15, 0.2) is 53.4 Å². The fourth-order valence-corrected chi connectivity index (χ4v) is 5.96. The van der Waals surface area contributed by atoms with Gasteiger partial charge in [-0.15, -0.1) is 0 Å². The molecule has 0 aliphatic heterocycles. The van der Waals surface area contributed by atoms with Gasteiger partial charge in [-0.1, -0.05) is 29.8 Å². The first-order valence-electron chi connectivity index (χ1n) is 8.78. The number of amides is 1. The number of carbonyl (C=O) groups excluding carboxylic acids is 1. The van der Waals surface area contributed by atoms with E-state index in [1.54, 1.807) is 18.2 Å². The molecule has 1 aliphatic rings. The standard InChI is InChI=1S/C20H18ClFN2O3S/c1-23-19(25)20(22,28(26,27)14-5-3-2-4-6-14)12-9-15-16-11-13(21)7-8-17(16)24-18(15)10-12/h2-8,11-12,24H,9-10H2,1H3,(H,23,25). The zero-order valence-corrected chi connectivity index (χ0v) is 16.6. The Kier molecular flexibility index (Phi) is 4.47. The summed E-state index contributed by atoms with van der Waals surface area (Å²) in [5, 5.41) is 0.465. The Balaban J connectivity index is 1.81. The summed E-state index contributed by atoms with van der Waals surface area (Å²) in [6.07, 6.45) is 0.225. The van der Waals surface area contributed by atoms with Crippen molar-refractivity contribution in [3.63, 3.8) is 0 Å². The maximum absolute atomic E-state index is 16.2. The van der Waals surface area contributed by atoms with Crippen molar-refractivity contribution in [3.05, 3.63) is 64.8 Å². The lowest BCUT2D eigenvalue weighted by Gasteiger charge is -2.29. The van der Waals surface area contributed by atoms with E-state index in [0.29, 0.717) is 5.02 Å².